The molecule has 1 saturated carbocycles. The van der Waals surface area contributed by atoms with Crippen molar-refractivity contribution >= 4 is 15.9 Å². The molecule has 0 aromatic rings. The van der Waals surface area contributed by atoms with Gasteiger partial charge in [0.25, 0.3) is 0 Å². The first-order valence-electron chi connectivity index (χ1n) is 5.50. The molecule has 0 spiro atoms. The predicted molar refractivity (Wildman–Crippen MR) is 58.2 cm³/mol. The fourth-order valence-electron chi connectivity index (χ4n) is 2.72. The Labute approximate surface area is 89.4 Å². The van der Waals surface area contributed by atoms with Gasteiger partial charge in [-0.1, -0.05) is 29.3 Å². The highest BCUT2D eigenvalue weighted by molar-refractivity contribution is 9.09. The van der Waals surface area contributed by atoms with Crippen molar-refractivity contribution in [1.82, 2.24) is 0 Å². The topological polar surface area (TPSA) is 9.23 Å². The summed E-state index contributed by atoms with van der Waals surface area (Å²) in [6, 6.07) is 0. The lowest BCUT2D eigenvalue weighted by Gasteiger charge is -2.32. The van der Waals surface area contributed by atoms with Gasteiger partial charge in [0.15, 0.2) is 0 Å². The smallest absolute Gasteiger partial charge is 0.0668 e. The summed E-state index contributed by atoms with van der Waals surface area (Å²) in [5.41, 5.74) is 0.482. The van der Waals surface area contributed by atoms with Gasteiger partial charge in [-0.2, -0.15) is 0 Å². The summed E-state index contributed by atoms with van der Waals surface area (Å²) in [5, 5.41) is 1.13. The van der Waals surface area contributed by atoms with E-state index in [9.17, 15) is 0 Å². The average Bonchev–Trinajstić information content (AvgIpc) is 2.90. The first kappa shape index (κ1) is 9.97. The third-order valence-corrected chi connectivity index (χ3v) is 4.68. The molecule has 1 aliphatic heterocycles. The van der Waals surface area contributed by atoms with Crippen molar-refractivity contribution in [1.29, 1.82) is 0 Å². The van der Waals surface area contributed by atoms with Gasteiger partial charge in [0.2, 0.25) is 0 Å². The highest BCUT2D eigenvalue weighted by atomic mass is 79.9. The molecule has 0 N–H and O–H groups in total. The van der Waals surface area contributed by atoms with E-state index in [0.29, 0.717) is 11.5 Å². The van der Waals surface area contributed by atoms with Crippen LogP contribution < -0.4 is 0 Å². The Bertz CT molecular complexity index is 179. The number of alkyl halides is 1. The third kappa shape index (κ3) is 1.80. The average molecular weight is 247 g/mol. The third-order valence-electron chi connectivity index (χ3n) is 3.57. The molecule has 2 atom stereocenters. The van der Waals surface area contributed by atoms with Crippen LogP contribution >= 0.6 is 15.9 Å². The summed E-state index contributed by atoms with van der Waals surface area (Å²) >= 11 is 3.69. The zero-order valence-electron chi connectivity index (χ0n) is 8.39. The second kappa shape index (κ2) is 3.90. The molecule has 2 rings (SSSR count). The zero-order chi connectivity index (χ0) is 9.31. The SMILES string of the molecule is CCCC1(CBr)CCOC1C1CC1. The Balaban J connectivity index is 2.06. The minimum atomic E-state index is 0.482. The Kier molecular flexibility index (Phi) is 2.99. The molecule has 2 aliphatic rings. The molecule has 1 heterocycles. The number of rotatable bonds is 4. The number of halogens is 1. The monoisotopic (exact) mass is 246 g/mol. The van der Waals surface area contributed by atoms with E-state index in [2.05, 4.69) is 22.9 Å². The van der Waals surface area contributed by atoms with Gasteiger partial charge in [0.1, 0.15) is 0 Å². The summed E-state index contributed by atoms with van der Waals surface area (Å²) in [4.78, 5) is 0. The standard InChI is InChI=1S/C11H19BrO/c1-2-5-11(8-12)6-7-13-10(11)9-3-4-9/h9-10H,2-8H2,1H3. The van der Waals surface area contributed by atoms with Crippen LogP contribution in [0, 0.1) is 11.3 Å². The summed E-state index contributed by atoms with van der Waals surface area (Å²) in [7, 11) is 0. The molecule has 76 valence electrons. The van der Waals surface area contributed by atoms with Gasteiger partial charge in [0, 0.05) is 17.4 Å². The summed E-state index contributed by atoms with van der Waals surface area (Å²) in [5.74, 6) is 0.895. The highest BCUT2D eigenvalue weighted by Crippen LogP contribution is 2.50. The highest BCUT2D eigenvalue weighted by Gasteiger charge is 2.49. The second-order valence-electron chi connectivity index (χ2n) is 4.62. The van der Waals surface area contributed by atoms with Gasteiger partial charge in [0.05, 0.1) is 6.10 Å². The minimum absolute atomic E-state index is 0.482. The molecule has 1 saturated heterocycles. The van der Waals surface area contributed by atoms with Crippen LogP contribution in [-0.2, 0) is 4.74 Å². The lowest BCUT2D eigenvalue weighted by Crippen LogP contribution is -2.34. The van der Waals surface area contributed by atoms with E-state index in [4.69, 9.17) is 4.74 Å². The molecule has 2 unspecified atom stereocenters. The maximum absolute atomic E-state index is 5.91. The fourth-order valence-corrected chi connectivity index (χ4v) is 3.60. The van der Waals surface area contributed by atoms with Crippen LogP contribution in [0.5, 0.6) is 0 Å². The van der Waals surface area contributed by atoms with Crippen molar-refractivity contribution in [3.8, 4) is 0 Å². The molecular formula is C11H19BrO. The fraction of sp³-hybridized carbons (Fsp3) is 1.00. The minimum Gasteiger partial charge on any atom is -0.377 e. The zero-order valence-corrected chi connectivity index (χ0v) is 9.98. The van der Waals surface area contributed by atoms with Gasteiger partial charge in [-0.05, 0) is 31.6 Å². The Hall–Kier alpha value is 0.440. The molecule has 0 radical (unpaired) electrons. The van der Waals surface area contributed by atoms with Crippen molar-refractivity contribution in [2.24, 2.45) is 11.3 Å². The molecule has 1 aliphatic carbocycles. The number of ether oxygens (including phenoxy) is 1. The lowest BCUT2D eigenvalue weighted by molar-refractivity contribution is 0.0374. The molecule has 1 nitrogen and oxygen atoms in total. The maximum Gasteiger partial charge on any atom is 0.0668 e. The summed E-state index contributed by atoms with van der Waals surface area (Å²) in [6.45, 7) is 3.28. The molecule has 0 amide bonds. The van der Waals surface area contributed by atoms with Gasteiger partial charge in [-0.25, -0.2) is 0 Å². The van der Waals surface area contributed by atoms with Crippen LogP contribution in [0.2, 0.25) is 0 Å². The van der Waals surface area contributed by atoms with Gasteiger partial charge < -0.3 is 4.74 Å². The molecule has 13 heavy (non-hydrogen) atoms. The van der Waals surface area contributed by atoms with Crippen molar-refractivity contribution in [2.45, 2.75) is 45.1 Å². The van der Waals surface area contributed by atoms with Crippen LogP contribution in [-0.4, -0.2) is 18.0 Å². The Morgan fingerprint density at radius 1 is 1.46 bits per heavy atom. The van der Waals surface area contributed by atoms with Crippen LogP contribution in [0.15, 0.2) is 0 Å². The molecule has 0 aromatic heterocycles. The molecule has 0 bridgehead atoms. The van der Waals surface area contributed by atoms with E-state index >= 15 is 0 Å². The predicted octanol–water partition coefficient (Wildman–Crippen LogP) is 3.37. The maximum atomic E-state index is 5.91. The van der Waals surface area contributed by atoms with Gasteiger partial charge >= 0.3 is 0 Å². The quantitative estimate of drug-likeness (QED) is 0.692. The Morgan fingerprint density at radius 2 is 2.23 bits per heavy atom. The van der Waals surface area contributed by atoms with E-state index in [1.165, 1.54) is 32.1 Å². The van der Waals surface area contributed by atoms with E-state index in [1.54, 1.807) is 0 Å². The van der Waals surface area contributed by atoms with E-state index < -0.39 is 0 Å². The van der Waals surface area contributed by atoms with Crippen molar-refractivity contribution in [3.05, 3.63) is 0 Å². The van der Waals surface area contributed by atoms with Crippen LogP contribution in [0.3, 0.4) is 0 Å². The van der Waals surface area contributed by atoms with Crippen molar-refractivity contribution in [3.63, 3.8) is 0 Å². The molecule has 2 fully saturated rings. The van der Waals surface area contributed by atoms with Gasteiger partial charge in [-0.3, -0.25) is 0 Å². The van der Waals surface area contributed by atoms with Crippen LogP contribution in [0.25, 0.3) is 0 Å². The second-order valence-corrected chi connectivity index (χ2v) is 5.19. The largest absolute Gasteiger partial charge is 0.377 e. The van der Waals surface area contributed by atoms with Crippen LogP contribution in [0.4, 0.5) is 0 Å². The summed E-state index contributed by atoms with van der Waals surface area (Å²) < 4.78 is 5.91. The number of hydrogen-bond acceptors (Lipinski definition) is 1. The van der Waals surface area contributed by atoms with Crippen LogP contribution in [0.1, 0.15) is 39.0 Å². The van der Waals surface area contributed by atoms with Gasteiger partial charge in [-0.15, -0.1) is 0 Å². The van der Waals surface area contributed by atoms with E-state index in [-0.39, 0.29) is 0 Å². The first-order valence-corrected chi connectivity index (χ1v) is 6.62. The van der Waals surface area contributed by atoms with E-state index in [0.717, 1.165) is 17.9 Å². The van der Waals surface area contributed by atoms with Crippen molar-refractivity contribution in [2.75, 3.05) is 11.9 Å². The molecular weight excluding hydrogens is 228 g/mol. The summed E-state index contributed by atoms with van der Waals surface area (Å²) in [6.07, 6.45) is 7.28. The lowest BCUT2D eigenvalue weighted by atomic mass is 9.77. The van der Waals surface area contributed by atoms with Crippen molar-refractivity contribution < 1.29 is 4.74 Å². The molecule has 2 heteroatoms. The molecule has 0 aromatic carbocycles. The number of hydrogen-bond donors (Lipinski definition) is 0. The normalized spacial score (nSPS) is 39.7. The van der Waals surface area contributed by atoms with E-state index in [1.807, 2.05) is 0 Å². The first-order chi connectivity index (χ1) is 6.32. The Morgan fingerprint density at radius 3 is 2.77 bits per heavy atom.